The van der Waals surface area contributed by atoms with Crippen LogP contribution in [0, 0.1) is 0 Å². The van der Waals surface area contributed by atoms with Gasteiger partial charge in [-0.1, -0.05) is 48.2 Å². The lowest BCUT2D eigenvalue weighted by Gasteiger charge is -2.51. The second kappa shape index (κ2) is 9.40. The summed E-state index contributed by atoms with van der Waals surface area (Å²) in [5, 5.41) is 9.33. The van der Waals surface area contributed by atoms with E-state index in [0.717, 1.165) is 0 Å². The molecule has 0 saturated carbocycles. The topological polar surface area (TPSA) is 64.1 Å². The van der Waals surface area contributed by atoms with Crippen molar-refractivity contribution in [1.82, 2.24) is 4.90 Å². The van der Waals surface area contributed by atoms with Crippen molar-refractivity contribution < 1.29 is 27.9 Å². The van der Waals surface area contributed by atoms with Crippen molar-refractivity contribution in [3.8, 4) is 0 Å². The molecule has 2 rings (SSSR count). The maximum absolute atomic E-state index is 13.5. The van der Waals surface area contributed by atoms with Crippen LogP contribution in [0.2, 0.25) is 0 Å². The van der Waals surface area contributed by atoms with Gasteiger partial charge in [0.25, 0.3) is 0 Å². The fourth-order valence-electron chi connectivity index (χ4n) is 3.01. The molecule has 0 saturated heterocycles. The Balaban J connectivity index is 2.78. The number of carboxylic acid groups (broad SMARTS) is 1. The molecule has 0 unspecified atom stereocenters. The third kappa shape index (κ3) is 4.71. The number of para-hydroxylation sites is 2. The molecule has 30 heavy (non-hydrogen) atoms. The van der Waals surface area contributed by atoms with Crippen LogP contribution in [0.1, 0.15) is 0 Å². The minimum atomic E-state index is -5.30. The van der Waals surface area contributed by atoms with Crippen LogP contribution >= 0.6 is 7.36 Å². The SMILES string of the molecule is CN(c1ccccc1)C(P=S)(N(CC(=O)O)C(=O)C(F)(F)F)N(C)c1ccccc1. The van der Waals surface area contributed by atoms with Crippen molar-refractivity contribution in [2.45, 2.75) is 11.7 Å². The highest BCUT2D eigenvalue weighted by Crippen LogP contribution is 2.41. The molecule has 0 atom stereocenters. The van der Waals surface area contributed by atoms with Crippen molar-refractivity contribution in [2.75, 3.05) is 30.4 Å². The number of nitrogens with zero attached hydrogens (tertiary/aromatic N) is 3. The van der Waals surface area contributed by atoms with Crippen LogP contribution in [-0.4, -0.2) is 54.2 Å². The Morgan fingerprint density at radius 2 is 1.33 bits per heavy atom. The Hall–Kier alpha value is -2.71. The van der Waals surface area contributed by atoms with Crippen LogP contribution in [0.4, 0.5) is 24.5 Å². The van der Waals surface area contributed by atoms with E-state index >= 15 is 0 Å². The molecular weight excluding hydrogens is 438 g/mol. The van der Waals surface area contributed by atoms with E-state index < -0.39 is 30.1 Å². The largest absolute Gasteiger partial charge is 0.480 e. The summed E-state index contributed by atoms with van der Waals surface area (Å²) in [5.41, 5.74) is -1.07. The molecule has 2 aromatic carbocycles. The molecule has 0 aliphatic carbocycles. The number of benzene rings is 2. The molecule has 0 aromatic heterocycles. The highest BCUT2D eigenvalue weighted by atomic mass is 32.4. The number of carbonyl (C=O) groups excluding carboxylic acids is 1. The third-order valence-electron chi connectivity index (χ3n) is 4.45. The predicted octanol–water partition coefficient (Wildman–Crippen LogP) is 3.75. The van der Waals surface area contributed by atoms with Crippen LogP contribution in [0.3, 0.4) is 0 Å². The molecule has 160 valence electrons. The number of rotatable bonds is 8. The van der Waals surface area contributed by atoms with E-state index in [1.165, 1.54) is 23.9 Å². The monoisotopic (exact) mass is 457 g/mol. The molecule has 0 aliphatic heterocycles. The van der Waals surface area contributed by atoms with E-state index in [-0.39, 0.29) is 12.3 Å². The molecule has 11 heteroatoms. The average Bonchev–Trinajstić information content (AvgIpc) is 2.73. The number of aliphatic carboxylic acids is 1. The van der Waals surface area contributed by atoms with Gasteiger partial charge in [0.05, 0.1) is 7.36 Å². The van der Waals surface area contributed by atoms with E-state index in [1.54, 1.807) is 60.7 Å². The molecular formula is C19H19F3N3O3PS. The van der Waals surface area contributed by atoms with Gasteiger partial charge >= 0.3 is 18.1 Å². The molecule has 6 nitrogen and oxygen atoms in total. The number of carboxylic acids is 1. The smallest absolute Gasteiger partial charge is 0.471 e. The van der Waals surface area contributed by atoms with Gasteiger partial charge in [-0.05, 0) is 24.3 Å². The molecule has 0 aliphatic rings. The summed E-state index contributed by atoms with van der Waals surface area (Å²) in [4.78, 5) is 26.9. The summed E-state index contributed by atoms with van der Waals surface area (Å²) in [6.07, 6.45) is -5.30. The van der Waals surface area contributed by atoms with Gasteiger partial charge in [0.2, 0.25) is 5.53 Å². The number of hydrogen-bond donors (Lipinski definition) is 1. The Kier molecular flexibility index (Phi) is 7.39. The normalized spacial score (nSPS) is 11.8. The van der Waals surface area contributed by atoms with Gasteiger partial charge in [0, 0.05) is 25.5 Å². The number of halogens is 3. The van der Waals surface area contributed by atoms with Gasteiger partial charge in [-0.3, -0.25) is 14.5 Å². The zero-order chi connectivity index (χ0) is 22.5. The van der Waals surface area contributed by atoms with Gasteiger partial charge in [-0.25, -0.2) is 0 Å². The number of hydrogen-bond acceptors (Lipinski definition) is 5. The van der Waals surface area contributed by atoms with Crippen molar-refractivity contribution in [3.63, 3.8) is 0 Å². The maximum atomic E-state index is 13.5. The first kappa shape index (κ1) is 23.6. The quantitative estimate of drug-likeness (QED) is 0.481. The summed E-state index contributed by atoms with van der Waals surface area (Å²) < 4.78 is 40.5. The Bertz CT molecular complexity index is 855. The Labute approximate surface area is 178 Å². The van der Waals surface area contributed by atoms with E-state index in [1.807, 2.05) is 0 Å². The van der Waals surface area contributed by atoms with Crippen LogP contribution in [0.5, 0.6) is 0 Å². The highest BCUT2D eigenvalue weighted by molar-refractivity contribution is 7.97. The fourth-order valence-corrected chi connectivity index (χ4v) is 4.78. The molecule has 0 fully saturated rings. The lowest BCUT2D eigenvalue weighted by molar-refractivity contribution is -0.190. The van der Waals surface area contributed by atoms with Crippen molar-refractivity contribution in [1.29, 1.82) is 0 Å². The number of alkyl halides is 3. The molecule has 1 amide bonds. The van der Waals surface area contributed by atoms with Gasteiger partial charge in [0.15, 0.2) is 0 Å². The lowest BCUT2D eigenvalue weighted by atomic mass is 10.2. The van der Waals surface area contributed by atoms with E-state index in [4.69, 9.17) is 11.8 Å². The second-order valence-corrected chi connectivity index (χ2v) is 7.59. The minimum absolute atomic E-state index is 0.123. The fraction of sp³-hybridized carbons (Fsp3) is 0.263. The van der Waals surface area contributed by atoms with Gasteiger partial charge in [-0.15, -0.1) is 0 Å². The lowest BCUT2D eigenvalue weighted by Crippen LogP contribution is -2.69. The molecule has 1 N–H and O–H groups in total. The highest BCUT2D eigenvalue weighted by Gasteiger charge is 2.55. The zero-order valence-corrected chi connectivity index (χ0v) is 17.8. The summed E-state index contributed by atoms with van der Waals surface area (Å²) >= 11 is 5.24. The van der Waals surface area contributed by atoms with Gasteiger partial charge in [0.1, 0.15) is 6.54 Å². The average molecular weight is 457 g/mol. The first-order valence-corrected chi connectivity index (χ1v) is 10.5. The summed E-state index contributed by atoms with van der Waals surface area (Å²) in [5.74, 6) is -3.90. The van der Waals surface area contributed by atoms with E-state index in [0.29, 0.717) is 11.4 Å². The summed E-state index contributed by atoms with van der Waals surface area (Å²) in [7, 11) is 2.81. The first-order chi connectivity index (χ1) is 14.1. The van der Waals surface area contributed by atoms with E-state index in [2.05, 4.69) is 0 Å². The molecule has 2 aromatic rings. The maximum Gasteiger partial charge on any atom is 0.471 e. The zero-order valence-electron chi connectivity index (χ0n) is 16.1. The van der Waals surface area contributed by atoms with Crippen LogP contribution in [0.15, 0.2) is 60.7 Å². The molecule has 0 heterocycles. The first-order valence-electron chi connectivity index (χ1n) is 8.58. The van der Waals surface area contributed by atoms with Crippen molar-refractivity contribution >= 4 is 42.4 Å². The number of anilines is 2. The Morgan fingerprint density at radius 3 is 1.63 bits per heavy atom. The molecule has 0 bridgehead atoms. The second-order valence-electron chi connectivity index (χ2n) is 6.26. The standard InChI is InChI=1S/C19H19F3N3O3PS/c1-23(14-9-5-3-6-10-14)19(29-30,24(2)15-11-7-4-8-12-15)25(13-16(26)27)17(28)18(20,21)22/h3-12H,13H2,1-2H3,(H,26,27). The number of carbonyl (C=O) groups is 2. The van der Waals surface area contributed by atoms with Crippen LogP contribution < -0.4 is 9.80 Å². The van der Waals surface area contributed by atoms with Gasteiger partial charge < -0.3 is 14.9 Å². The van der Waals surface area contributed by atoms with Crippen LogP contribution in [0.25, 0.3) is 0 Å². The number of amides is 1. The minimum Gasteiger partial charge on any atom is -0.480 e. The summed E-state index contributed by atoms with van der Waals surface area (Å²) in [6, 6.07) is 16.7. The Morgan fingerprint density at radius 1 is 0.933 bits per heavy atom. The third-order valence-corrected chi connectivity index (χ3v) is 6.27. The molecule has 0 radical (unpaired) electrons. The summed E-state index contributed by atoms with van der Waals surface area (Å²) in [6.45, 7) is -1.20. The molecule has 0 spiro atoms. The van der Waals surface area contributed by atoms with Crippen molar-refractivity contribution in [3.05, 3.63) is 60.7 Å². The van der Waals surface area contributed by atoms with Gasteiger partial charge in [-0.2, -0.15) is 13.2 Å². The van der Waals surface area contributed by atoms with E-state index in [9.17, 15) is 27.9 Å². The van der Waals surface area contributed by atoms with Crippen LogP contribution in [-0.2, 0) is 21.4 Å². The predicted molar refractivity (Wildman–Crippen MR) is 112 cm³/mol. The van der Waals surface area contributed by atoms with Crippen molar-refractivity contribution in [2.24, 2.45) is 0 Å².